The van der Waals surface area contributed by atoms with Crippen LogP contribution in [0.4, 0.5) is 4.39 Å². The number of rotatable bonds is 4. The van der Waals surface area contributed by atoms with Crippen LogP contribution in [-0.2, 0) is 11.2 Å². The average Bonchev–Trinajstić information content (AvgIpc) is 3.11. The lowest BCUT2D eigenvalue weighted by molar-refractivity contribution is -0.231. The normalized spacial score (nSPS) is 28.0. The molecule has 0 saturated carbocycles. The topological polar surface area (TPSA) is 90.2 Å². The fraction of sp³-hybridized carbons (Fsp3) is 0.333. The maximum atomic E-state index is 14.4. The number of hydrogen-bond donors (Lipinski definition) is 4. The molecule has 1 saturated heterocycles. The molecule has 5 atom stereocenters. The Morgan fingerprint density at radius 3 is 2.50 bits per heavy atom. The molecule has 0 bridgehead atoms. The summed E-state index contributed by atoms with van der Waals surface area (Å²) >= 11 is 1.59. The van der Waals surface area contributed by atoms with E-state index < -0.39 is 37.1 Å². The highest BCUT2D eigenvalue weighted by Crippen LogP contribution is 2.34. The molecule has 0 radical (unpaired) electrons. The molecule has 4 rings (SSSR count). The number of aliphatic hydroxyl groups excluding tert-OH is 4. The van der Waals surface area contributed by atoms with Gasteiger partial charge in [0, 0.05) is 16.0 Å². The molecule has 2 aromatic carbocycles. The molecule has 1 aromatic heterocycles. The van der Waals surface area contributed by atoms with E-state index in [9.17, 15) is 24.8 Å². The van der Waals surface area contributed by atoms with E-state index in [4.69, 9.17) is 4.74 Å². The molecule has 1 fully saturated rings. The van der Waals surface area contributed by atoms with Gasteiger partial charge in [-0.1, -0.05) is 24.3 Å². The Balaban J connectivity index is 1.63. The van der Waals surface area contributed by atoms with Gasteiger partial charge in [-0.05, 0) is 40.8 Å². The predicted octanol–water partition coefficient (Wildman–Crippen LogP) is 2.15. The second kappa shape index (κ2) is 7.87. The minimum Gasteiger partial charge on any atom is -0.394 e. The van der Waals surface area contributed by atoms with E-state index in [0.717, 1.165) is 15.0 Å². The molecule has 0 aliphatic carbocycles. The maximum Gasteiger partial charge on any atom is 0.126 e. The quantitative estimate of drug-likeness (QED) is 0.535. The van der Waals surface area contributed by atoms with Crippen molar-refractivity contribution in [2.24, 2.45) is 0 Å². The van der Waals surface area contributed by atoms with Gasteiger partial charge < -0.3 is 25.2 Å². The third kappa shape index (κ3) is 3.57. The first-order chi connectivity index (χ1) is 13.5. The van der Waals surface area contributed by atoms with E-state index in [1.165, 1.54) is 12.1 Å². The maximum absolute atomic E-state index is 14.4. The van der Waals surface area contributed by atoms with Gasteiger partial charge in [-0.3, -0.25) is 0 Å². The third-order valence-electron chi connectivity index (χ3n) is 5.13. The van der Waals surface area contributed by atoms with E-state index in [0.29, 0.717) is 17.5 Å². The molecule has 1 aliphatic rings. The highest BCUT2D eigenvalue weighted by Gasteiger charge is 2.44. The molecular weight excluding hydrogens is 383 g/mol. The van der Waals surface area contributed by atoms with Crippen molar-refractivity contribution in [1.29, 1.82) is 0 Å². The van der Waals surface area contributed by atoms with E-state index in [2.05, 4.69) is 0 Å². The fourth-order valence-corrected chi connectivity index (χ4v) is 4.68. The lowest BCUT2D eigenvalue weighted by Gasteiger charge is -2.40. The molecular formula is C21H21FO5S. The van der Waals surface area contributed by atoms with Crippen molar-refractivity contribution in [3.63, 3.8) is 0 Å². The molecule has 148 valence electrons. The van der Waals surface area contributed by atoms with E-state index in [1.54, 1.807) is 17.4 Å². The number of thiophene rings is 1. The Bertz CT molecular complexity index is 939. The summed E-state index contributed by atoms with van der Waals surface area (Å²) in [5.74, 6) is -0.370. The summed E-state index contributed by atoms with van der Waals surface area (Å²) in [6, 6.07) is 14.4. The summed E-state index contributed by atoms with van der Waals surface area (Å²) in [7, 11) is 0. The molecule has 3 aromatic rings. The SMILES string of the molecule is OCC1OC(c2ccc(F)c(Cc3cc4ccccc4s3)c2)C(O)C(O)C1O. The molecule has 1 aliphatic heterocycles. The van der Waals surface area contributed by atoms with Gasteiger partial charge in [-0.25, -0.2) is 4.39 Å². The van der Waals surface area contributed by atoms with Gasteiger partial charge in [0.15, 0.2) is 0 Å². The molecule has 28 heavy (non-hydrogen) atoms. The zero-order valence-electron chi connectivity index (χ0n) is 14.9. The Morgan fingerprint density at radius 1 is 0.964 bits per heavy atom. The minimum absolute atomic E-state index is 0.370. The zero-order valence-corrected chi connectivity index (χ0v) is 15.7. The first-order valence-electron chi connectivity index (χ1n) is 9.04. The molecule has 7 heteroatoms. The van der Waals surface area contributed by atoms with Gasteiger partial charge >= 0.3 is 0 Å². The van der Waals surface area contributed by atoms with Crippen LogP contribution in [0.3, 0.4) is 0 Å². The lowest BCUT2D eigenvalue weighted by Crippen LogP contribution is -2.55. The summed E-state index contributed by atoms with van der Waals surface area (Å²) in [5.41, 5.74) is 0.926. The summed E-state index contributed by atoms with van der Waals surface area (Å²) in [6.45, 7) is -0.503. The highest BCUT2D eigenvalue weighted by atomic mass is 32.1. The molecule has 0 spiro atoms. The Kier molecular flexibility index (Phi) is 5.46. The zero-order chi connectivity index (χ0) is 19.8. The van der Waals surface area contributed by atoms with Crippen LogP contribution in [0.1, 0.15) is 22.1 Å². The molecule has 4 N–H and O–H groups in total. The molecule has 5 nitrogen and oxygen atoms in total. The van der Waals surface area contributed by atoms with E-state index in [-0.39, 0.29) is 5.82 Å². The molecule has 2 heterocycles. The monoisotopic (exact) mass is 404 g/mol. The van der Waals surface area contributed by atoms with Crippen LogP contribution in [0.2, 0.25) is 0 Å². The second-order valence-corrected chi connectivity index (χ2v) is 8.20. The first kappa shape index (κ1) is 19.4. The van der Waals surface area contributed by atoms with Gasteiger partial charge in [0.1, 0.15) is 36.3 Å². The van der Waals surface area contributed by atoms with Crippen LogP contribution in [0.25, 0.3) is 10.1 Å². The van der Waals surface area contributed by atoms with Gasteiger partial charge in [0.05, 0.1) is 6.61 Å². The summed E-state index contributed by atoms with van der Waals surface area (Å²) in [4.78, 5) is 1.01. The average molecular weight is 404 g/mol. The van der Waals surface area contributed by atoms with Gasteiger partial charge in [-0.15, -0.1) is 11.3 Å². The third-order valence-corrected chi connectivity index (χ3v) is 6.25. The van der Waals surface area contributed by atoms with Crippen molar-refractivity contribution in [3.05, 3.63) is 70.4 Å². The molecule has 5 unspecified atom stereocenters. The summed E-state index contributed by atoms with van der Waals surface area (Å²) in [6.07, 6.45) is -5.87. The van der Waals surface area contributed by atoms with Crippen LogP contribution in [-0.4, -0.2) is 51.4 Å². The first-order valence-corrected chi connectivity index (χ1v) is 9.86. The number of ether oxygens (including phenoxy) is 1. The highest BCUT2D eigenvalue weighted by molar-refractivity contribution is 7.19. The number of hydrogen-bond acceptors (Lipinski definition) is 6. The van der Waals surface area contributed by atoms with Crippen LogP contribution in [0.15, 0.2) is 48.5 Å². The van der Waals surface area contributed by atoms with Crippen molar-refractivity contribution in [2.45, 2.75) is 36.9 Å². The van der Waals surface area contributed by atoms with Gasteiger partial charge in [0.2, 0.25) is 0 Å². The fourth-order valence-electron chi connectivity index (χ4n) is 3.60. The van der Waals surface area contributed by atoms with E-state index >= 15 is 0 Å². The van der Waals surface area contributed by atoms with E-state index in [1.807, 2.05) is 30.3 Å². The van der Waals surface area contributed by atoms with Crippen molar-refractivity contribution in [1.82, 2.24) is 0 Å². The van der Waals surface area contributed by atoms with Crippen LogP contribution >= 0.6 is 11.3 Å². The van der Waals surface area contributed by atoms with Crippen molar-refractivity contribution < 1.29 is 29.6 Å². The summed E-state index contributed by atoms with van der Waals surface area (Å²) in [5, 5.41) is 40.7. The number of benzene rings is 2. The van der Waals surface area contributed by atoms with Gasteiger partial charge in [-0.2, -0.15) is 0 Å². The summed E-state index contributed by atoms with van der Waals surface area (Å²) < 4.78 is 21.1. The number of aliphatic hydroxyl groups is 4. The predicted molar refractivity (Wildman–Crippen MR) is 104 cm³/mol. The van der Waals surface area contributed by atoms with Crippen molar-refractivity contribution >= 4 is 21.4 Å². The Hall–Kier alpha value is -1.87. The minimum atomic E-state index is -1.47. The van der Waals surface area contributed by atoms with Crippen molar-refractivity contribution in [2.75, 3.05) is 6.61 Å². The number of halogens is 1. The lowest BCUT2D eigenvalue weighted by atomic mass is 9.90. The Labute approximate surface area is 165 Å². The van der Waals surface area contributed by atoms with Crippen LogP contribution in [0, 0.1) is 5.82 Å². The number of fused-ring (bicyclic) bond motifs is 1. The van der Waals surface area contributed by atoms with Crippen LogP contribution < -0.4 is 0 Å². The van der Waals surface area contributed by atoms with Crippen molar-refractivity contribution in [3.8, 4) is 0 Å². The van der Waals surface area contributed by atoms with Gasteiger partial charge in [0.25, 0.3) is 0 Å². The Morgan fingerprint density at radius 2 is 1.75 bits per heavy atom. The smallest absolute Gasteiger partial charge is 0.126 e. The largest absolute Gasteiger partial charge is 0.394 e. The molecule has 0 amide bonds. The van der Waals surface area contributed by atoms with Crippen LogP contribution in [0.5, 0.6) is 0 Å². The second-order valence-electron chi connectivity index (χ2n) is 7.03. The standard InChI is InChI=1S/C21H21FO5S/c22-15-6-5-12(21-20(26)19(25)18(24)16(10-23)27-21)7-13(15)9-14-8-11-3-1-2-4-17(11)28-14/h1-8,16,18-21,23-26H,9-10H2.